The molecule has 2 heterocycles. The number of aromatic nitrogens is 2. The van der Waals surface area contributed by atoms with Crippen LogP contribution in [0, 0.1) is 17.2 Å². The van der Waals surface area contributed by atoms with Crippen molar-refractivity contribution in [1.29, 1.82) is 5.26 Å². The van der Waals surface area contributed by atoms with Gasteiger partial charge in [-0.25, -0.2) is 4.68 Å². The highest BCUT2D eigenvalue weighted by atomic mass is 16.2. The Morgan fingerprint density at radius 3 is 2.26 bits per heavy atom. The number of nitrogens with zero attached hydrogens (tertiary/aromatic N) is 4. The third-order valence-electron chi connectivity index (χ3n) is 7.39. The van der Waals surface area contributed by atoms with E-state index in [1.807, 2.05) is 54.6 Å². The van der Waals surface area contributed by atoms with Crippen LogP contribution in [-0.4, -0.2) is 39.5 Å². The molecule has 2 atom stereocenters. The number of anilines is 1. The lowest BCUT2D eigenvalue weighted by molar-refractivity contribution is -0.117. The minimum atomic E-state index is -1.52. The van der Waals surface area contributed by atoms with Crippen LogP contribution in [0.3, 0.4) is 0 Å². The van der Waals surface area contributed by atoms with E-state index in [0.29, 0.717) is 5.69 Å². The van der Waals surface area contributed by atoms with E-state index in [-0.39, 0.29) is 11.7 Å². The molecule has 7 heteroatoms. The highest BCUT2D eigenvalue weighted by Gasteiger charge is 2.43. The second kappa shape index (κ2) is 10.1. The van der Waals surface area contributed by atoms with E-state index < -0.39 is 17.6 Å². The second-order valence-electron chi connectivity index (χ2n) is 9.73. The third-order valence-corrected chi connectivity index (χ3v) is 7.39. The van der Waals surface area contributed by atoms with Crippen LogP contribution in [0.15, 0.2) is 84.9 Å². The molecule has 1 N–H and O–H groups in total. The molecule has 1 aliphatic heterocycles. The molecule has 0 bridgehead atoms. The molecule has 1 saturated heterocycles. The number of amides is 1. The van der Waals surface area contributed by atoms with Gasteiger partial charge in [-0.1, -0.05) is 67.1 Å². The molecule has 7 nitrogen and oxygen atoms in total. The molecule has 0 radical (unpaired) electrons. The first-order valence-electron chi connectivity index (χ1n) is 13.0. The van der Waals surface area contributed by atoms with E-state index in [4.69, 9.17) is 5.10 Å². The molecule has 188 valence electrons. The lowest BCUT2D eigenvalue weighted by Gasteiger charge is -2.33. The molecule has 1 aliphatic carbocycles. The second-order valence-corrected chi connectivity index (χ2v) is 9.73. The van der Waals surface area contributed by atoms with Crippen molar-refractivity contribution in [2.45, 2.75) is 25.3 Å². The molecule has 1 amide bonds. The number of rotatable bonds is 6. The summed E-state index contributed by atoms with van der Waals surface area (Å²) >= 11 is 0. The predicted octanol–water partition coefficient (Wildman–Crippen LogP) is 5.39. The maximum Gasteiger partial charge on any atom is 0.249 e. The van der Waals surface area contributed by atoms with E-state index in [1.54, 1.807) is 28.9 Å². The topological polar surface area (TPSA) is 91.0 Å². The van der Waals surface area contributed by atoms with Crippen molar-refractivity contribution in [3.05, 3.63) is 102 Å². The van der Waals surface area contributed by atoms with Gasteiger partial charge in [0, 0.05) is 16.8 Å². The number of para-hydroxylation sites is 2. The highest BCUT2D eigenvalue weighted by Crippen LogP contribution is 2.49. The van der Waals surface area contributed by atoms with Gasteiger partial charge in [-0.2, -0.15) is 10.4 Å². The fourth-order valence-corrected chi connectivity index (χ4v) is 5.66. The summed E-state index contributed by atoms with van der Waals surface area (Å²) in [4.78, 5) is 29.6. The average Bonchev–Trinajstić information content (AvgIpc) is 3.51. The van der Waals surface area contributed by atoms with Gasteiger partial charge in [0.25, 0.3) is 0 Å². The Labute approximate surface area is 221 Å². The zero-order valence-corrected chi connectivity index (χ0v) is 20.9. The van der Waals surface area contributed by atoms with Gasteiger partial charge in [-0.3, -0.25) is 14.5 Å². The number of hydrogen-bond acceptors (Lipinski definition) is 5. The van der Waals surface area contributed by atoms with Crippen molar-refractivity contribution in [1.82, 2.24) is 14.7 Å². The van der Waals surface area contributed by atoms with E-state index in [2.05, 4.69) is 22.3 Å². The third kappa shape index (κ3) is 4.09. The summed E-state index contributed by atoms with van der Waals surface area (Å²) in [5.41, 5.74) is 5.33. The van der Waals surface area contributed by atoms with Crippen LogP contribution < -0.4 is 5.32 Å². The Bertz CT molecular complexity index is 1530. The normalized spacial score (nSPS) is 17.2. The molecule has 0 spiro atoms. The molecule has 4 aromatic rings. The molecule has 3 aromatic carbocycles. The van der Waals surface area contributed by atoms with Crippen LogP contribution in [0.4, 0.5) is 5.69 Å². The summed E-state index contributed by atoms with van der Waals surface area (Å²) in [6, 6.07) is 28.5. The maximum atomic E-state index is 14.0. The molecule has 2 unspecified atom stereocenters. The summed E-state index contributed by atoms with van der Waals surface area (Å²) in [5, 5.41) is 17.5. The van der Waals surface area contributed by atoms with Gasteiger partial charge < -0.3 is 5.32 Å². The Kier molecular flexibility index (Phi) is 6.32. The molecule has 1 aromatic heterocycles. The summed E-state index contributed by atoms with van der Waals surface area (Å²) in [7, 11) is 0. The first-order valence-corrected chi connectivity index (χ1v) is 13.0. The fourth-order valence-electron chi connectivity index (χ4n) is 5.66. The number of carbonyl (C=O) groups excluding carboxylic acids is 2. The molecule has 6 rings (SSSR count). The highest BCUT2D eigenvalue weighted by molar-refractivity contribution is 6.16. The van der Waals surface area contributed by atoms with Gasteiger partial charge in [0.15, 0.2) is 5.92 Å². The Morgan fingerprint density at radius 2 is 1.55 bits per heavy atom. The van der Waals surface area contributed by atoms with Crippen LogP contribution >= 0.6 is 0 Å². The Balaban J connectivity index is 1.49. The molecule has 2 aliphatic rings. The lowest BCUT2D eigenvalue weighted by Crippen LogP contribution is -2.35. The number of nitrogens with one attached hydrogen (secondary N) is 1. The van der Waals surface area contributed by atoms with Crippen LogP contribution in [0.2, 0.25) is 0 Å². The number of Topliss-reactive ketones (excluding diaryl/α,β-unsaturated/α-hetero) is 1. The van der Waals surface area contributed by atoms with Gasteiger partial charge in [-0.05, 0) is 55.8 Å². The molecule has 1 fully saturated rings. The first kappa shape index (κ1) is 23.8. The number of likely N-dealkylation sites (tertiary alicyclic amines) is 1. The van der Waals surface area contributed by atoms with E-state index in [1.165, 1.54) is 6.42 Å². The minimum absolute atomic E-state index is 0.158. The van der Waals surface area contributed by atoms with E-state index in [0.717, 1.165) is 54.0 Å². The zero-order chi connectivity index (χ0) is 26.1. The molecule has 38 heavy (non-hydrogen) atoms. The summed E-state index contributed by atoms with van der Waals surface area (Å²) in [6.07, 6.45) is 3.36. The minimum Gasteiger partial charge on any atom is -0.325 e. The summed E-state index contributed by atoms with van der Waals surface area (Å²) in [6.45, 7) is 1.83. The maximum absolute atomic E-state index is 14.0. The average molecular weight is 502 g/mol. The lowest BCUT2D eigenvalue weighted by atomic mass is 9.94. The van der Waals surface area contributed by atoms with Gasteiger partial charge in [0.05, 0.1) is 23.5 Å². The van der Waals surface area contributed by atoms with Gasteiger partial charge >= 0.3 is 0 Å². The number of hydrogen-bond donors (Lipinski definition) is 1. The number of fused-ring (bicyclic) bond motifs is 3. The number of benzene rings is 3. The quantitative estimate of drug-likeness (QED) is 0.283. The molecular formula is C31H27N5O2. The van der Waals surface area contributed by atoms with Crippen molar-refractivity contribution in [3.63, 3.8) is 0 Å². The van der Waals surface area contributed by atoms with Gasteiger partial charge in [0.1, 0.15) is 5.69 Å². The van der Waals surface area contributed by atoms with E-state index >= 15 is 0 Å². The SMILES string of the molecule is N#CC(C(=O)Nc1ccccc1)C(=O)c1nn(-c2ccccc2)c2c1C(N1CCCCC1)c1ccccc1-2. The van der Waals surface area contributed by atoms with Crippen LogP contribution in [0.1, 0.15) is 46.9 Å². The van der Waals surface area contributed by atoms with Crippen molar-refractivity contribution < 1.29 is 9.59 Å². The number of ketones is 1. The smallest absolute Gasteiger partial charge is 0.249 e. The van der Waals surface area contributed by atoms with Crippen LogP contribution in [-0.2, 0) is 4.79 Å². The van der Waals surface area contributed by atoms with Crippen molar-refractivity contribution in [3.8, 4) is 23.0 Å². The zero-order valence-electron chi connectivity index (χ0n) is 20.9. The number of nitriles is 1. The number of piperidine rings is 1. The summed E-state index contributed by atoms with van der Waals surface area (Å²) < 4.78 is 1.80. The molecule has 0 saturated carbocycles. The Hall–Kier alpha value is -4.54. The van der Waals surface area contributed by atoms with Crippen LogP contribution in [0.5, 0.6) is 0 Å². The van der Waals surface area contributed by atoms with Gasteiger partial charge in [0.2, 0.25) is 11.7 Å². The fraction of sp³-hybridized carbons (Fsp3) is 0.226. The Morgan fingerprint density at radius 1 is 0.895 bits per heavy atom. The van der Waals surface area contributed by atoms with E-state index in [9.17, 15) is 14.9 Å². The van der Waals surface area contributed by atoms with Crippen molar-refractivity contribution in [2.75, 3.05) is 18.4 Å². The standard InChI is InChI=1S/C31H27N5O2/c32-20-25(31(38)33-21-12-4-1-5-13-21)30(37)27-26-28(35-18-10-3-11-19-35)23-16-8-9-17-24(23)29(26)36(34-27)22-14-6-2-7-15-22/h1-2,4-9,12-17,25,28H,3,10-11,18-19H2,(H,33,38). The monoisotopic (exact) mass is 501 g/mol. The largest absolute Gasteiger partial charge is 0.325 e. The van der Waals surface area contributed by atoms with Gasteiger partial charge in [-0.15, -0.1) is 0 Å². The van der Waals surface area contributed by atoms with Crippen molar-refractivity contribution >= 4 is 17.4 Å². The van der Waals surface area contributed by atoms with Crippen LogP contribution in [0.25, 0.3) is 16.9 Å². The number of carbonyl (C=O) groups is 2. The molecular weight excluding hydrogens is 474 g/mol. The predicted molar refractivity (Wildman–Crippen MR) is 145 cm³/mol. The van der Waals surface area contributed by atoms with Crippen molar-refractivity contribution in [2.24, 2.45) is 5.92 Å². The summed E-state index contributed by atoms with van der Waals surface area (Å²) in [5.74, 6) is -2.76. The first-order chi connectivity index (χ1) is 18.7.